The highest BCUT2D eigenvalue weighted by Gasteiger charge is 2.27. The fourth-order valence-corrected chi connectivity index (χ4v) is 6.86. The van der Waals surface area contributed by atoms with E-state index in [1.807, 2.05) is 37.3 Å². The number of fused-ring (bicyclic) bond motifs is 1. The number of rotatable bonds is 12. The predicted molar refractivity (Wildman–Crippen MR) is 170 cm³/mol. The Labute approximate surface area is 260 Å². The largest absolute Gasteiger partial charge is 0.492 e. The molecule has 1 heterocycles. The number of carbonyl (C=O) groups is 1. The first-order valence-electron chi connectivity index (χ1n) is 13.3. The van der Waals surface area contributed by atoms with Gasteiger partial charge in [-0.2, -0.15) is 0 Å². The second kappa shape index (κ2) is 13.6. The highest BCUT2D eigenvalue weighted by atomic mass is 127. The maximum absolute atomic E-state index is 11.7. The molecular formula is C31H34ClIO7S. The fourth-order valence-electron chi connectivity index (χ4n) is 5.04. The maximum atomic E-state index is 11.7. The van der Waals surface area contributed by atoms with Crippen molar-refractivity contribution >= 4 is 50.0 Å². The van der Waals surface area contributed by atoms with Crippen LogP contribution in [-0.4, -0.2) is 46.7 Å². The van der Waals surface area contributed by atoms with E-state index < -0.39 is 9.84 Å². The predicted octanol–water partition coefficient (Wildman–Crippen LogP) is 6.99. The number of esters is 1. The quantitative estimate of drug-likeness (QED) is 0.0866. The van der Waals surface area contributed by atoms with Gasteiger partial charge in [-0.1, -0.05) is 58.5 Å². The molecule has 1 atom stereocenters. The molecule has 7 nitrogen and oxygen atoms in total. The number of benzene rings is 3. The number of carbonyl (C=O) groups excluding carboxylic acids is 1. The zero-order chi connectivity index (χ0) is 29.7. The zero-order valence-corrected chi connectivity index (χ0v) is 27.3. The lowest BCUT2D eigenvalue weighted by Crippen LogP contribution is -2.10. The van der Waals surface area contributed by atoms with Crippen LogP contribution < -0.4 is 14.2 Å². The second-order valence-corrected chi connectivity index (χ2v) is 13.6. The van der Waals surface area contributed by atoms with E-state index in [0.29, 0.717) is 40.6 Å². The van der Waals surface area contributed by atoms with E-state index in [1.165, 1.54) is 13.4 Å². The molecule has 0 saturated heterocycles. The van der Waals surface area contributed by atoms with E-state index in [0.717, 1.165) is 44.7 Å². The molecule has 0 N–H and O–H groups in total. The Morgan fingerprint density at radius 2 is 1.90 bits per heavy atom. The van der Waals surface area contributed by atoms with Crippen molar-refractivity contribution < 1.29 is 32.2 Å². The molecule has 1 aliphatic rings. The Morgan fingerprint density at radius 3 is 2.61 bits per heavy atom. The van der Waals surface area contributed by atoms with Crippen molar-refractivity contribution in [1.82, 2.24) is 0 Å². The van der Waals surface area contributed by atoms with Crippen molar-refractivity contribution in [2.75, 3.05) is 32.3 Å². The van der Waals surface area contributed by atoms with Crippen molar-refractivity contribution in [2.45, 2.75) is 43.6 Å². The minimum Gasteiger partial charge on any atom is -0.492 e. The number of alkyl halides is 1. The molecule has 0 bridgehead atoms. The summed E-state index contributed by atoms with van der Waals surface area (Å²) in [5, 5.41) is 0.543. The Hall–Kier alpha value is -2.50. The van der Waals surface area contributed by atoms with Crippen LogP contribution in [0.2, 0.25) is 5.02 Å². The number of methoxy groups -OCH3 is 1. The van der Waals surface area contributed by atoms with E-state index in [2.05, 4.69) is 41.6 Å². The first-order chi connectivity index (χ1) is 19.5. The first kappa shape index (κ1) is 31.4. The lowest BCUT2D eigenvalue weighted by Gasteiger charge is -2.21. The van der Waals surface area contributed by atoms with Crippen LogP contribution in [0.25, 0.3) is 11.1 Å². The van der Waals surface area contributed by atoms with Crippen LogP contribution in [0.1, 0.15) is 46.6 Å². The third kappa shape index (κ3) is 7.67. The summed E-state index contributed by atoms with van der Waals surface area (Å²) in [4.78, 5) is 11.7. The zero-order valence-electron chi connectivity index (χ0n) is 23.6. The molecule has 1 aliphatic heterocycles. The van der Waals surface area contributed by atoms with Crippen LogP contribution in [0.4, 0.5) is 0 Å². The Balaban J connectivity index is 1.51. The van der Waals surface area contributed by atoms with Gasteiger partial charge in [0.05, 0.1) is 37.5 Å². The number of hydrogen-bond acceptors (Lipinski definition) is 7. The van der Waals surface area contributed by atoms with Gasteiger partial charge >= 0.3 is 5.97 Å². The fraction of sp³-hybridized carbons (Fsp3) is 0.387. The van der Waals surface area contributed by atoms with Crippen LogP contribution in [0.3, 0.4) is 0 Å². The topological polar surface area (TPSA) is 88.1 Å². The van der Waals surface area contributed by atoms with Gasteiger partial charge in [-0.05, 0) is 60.2 Å². The van der Waals surface area contributed by atoms with Crippen LogP contribution in [0.5, 0.6) is 17.2 Å². The van der Waals surface area contributed by atoms with Crippen LogP contribution in [-0.2, 0) is 30.4 Å². The van der Waals surface area contributed by atoms with Gasteiger partial charge in [0.15, 0.2) is 0 Å². The Kier molecular flexibility index (Phi) is 10.5. The highest BCUT2D eigenvalue weighted by Crippen LogP contribution is 2.43. The van der Waals surface area contributed by atoms with E-state index in [4.69, 9.17) is 30.5 Å². The molecule has 0 radical (unpaired) electrons. The Bertz CT molecular complexity index is 1540. The normalized spacial score (nSPS) is 14.3. The van der Waals surface area contributed by atoms with E-state index in [9.17, 15) is 13.2 Å². The summed E-state index contributed by atoms with van der Waals surface area (Å²) in [6.45, 7) is 5.14. The van der Waals surface area contributed by atoms with Crippen molar-refractivity contribution in [3.05, 3.63) is 75.3 Å². The number of sulfone groups is 1. The molecule has 0 amide bonds. The molecule has 0 saturated carbocycles. The van der Waals surface area contributed by atoms with Crippen molar-refractivity contribution in [3.8, 4) is 28.4 Å². The summed E-state index contributed by atoms with van der Waals surface area (Å²) in [6.07, 6.45) is 1.92. The molecule has 3 aromatic rings. The molecule has 0 aliphatic carbocycles. The van der Waals surface area contributed by atoms with E-state index in [1.54, 1.807) is 0 Å². The molecule has 4 rings (SSSR count). The van der Waals surface area contributed by atoms with Gasteiger partial charge in [0.1, 0.15) is 33.7 Å². The van der Waals surface area contributed by atoms with Gasteiger partial charge in [0.2, 0.25) is 0 Å². The molecule has 0 unspecified atom stereocenters. The summed E-state index contributed by atoms with van der Waals surface area (Å²) < 4.78 is 46.4. The minimum atomic E-state index is -3.05. The summed E-state index contributed by atoms with van der Waals surface area (Å²) in [7, 11) is -1.66. The molecule has 10 heteroatoms. The summed E-state index contributed by atoms with van der Waals surface area (Å²) in [5.74, 6) is 1.85. The average molecular weight is 713 g/mol. The van der Waals surface area contributed by atoms with Crippen molar-refractivity contribution in [3.63, 3.8) is 0 Å². The molecular weight excluding hydrogens is 679 g/mol. The van der Waals surface area contributed by atoms with E-state index in [-0.39, 0.29) is 30.7 Å². The lowest BCUT2D eigenvalue weighted by molar-refractivity contribution is -0.141. The van der Waals surface area contributed by atoms with Gasteiger partial charge < -0.3 is 18.9 Å². The summed E-state index contributed by atoms with van der Waals surface area (Å²) in [5.41, 5.74) is 7.05. The summed E-state index contributed by atoms with van der Waals surface area (Å²) >= 11 is 9.14. The van der Waals surface area contributed by atoms with Gasteiger partial charge in [-0.15, -0.1) is 0 Å². The maximum Gasteiger partial charge on any atom is 0.306 e. The molecule has 220 valence electrons. The number of hydrogen-bond donors (Lipinski definition) is 0. The third-order valence-corrected chi connectivity index (χ3v) is 9.42. The second-order valence-electron chi connectivity index (χ2n) is 10.2. The monoisotopic (exact) mass is 712 g/mol. The van der Waals surface area contributed by atoms with Gasteiger partial charge in [0, 0.05) is 33.8 Å². The molecule has 0 aromatic heterocycles. The number of ether oxygens (including phenoxy) is 4. The minimum absolute atomic E-state index is 0.0156. The highest BCUT2D eigenvalue weighted by molar-refractivity contribution is 14.1. The van der Waals surface area contributed by atoms with Gasteiger partial charge in [-0.25, -0.2) is 8.42 Å². The van der Waals surface area contributed by atoms with Crippen LogP contribution in [0, 0.1) is 13.8 Å². The number of halogens is 2. The standard InChI is InChI=1S/C31H34ClIO7S/c1-19-26(16-33)31(38-11-6-12-41(4,35)36)30(32)20(2)29(19)22-8-5-7-21(13-22)17-39-24-9-10-25-23(14-28(34)37-3)18-40-27(25)15-24/h5,7-10,13,15,23H,6,11-12,14,16-18H2,1-4H3/t23-/m1/s1. The van der Waals surface area contributed by atoms with Crippen LogP contribution in [0.15, 0.2) is 42.5 Å². The Morgan fingerprint density at radius 1 is 1.12 bits per heavy atom. The van der Waals surface area contributed by atoms with Gasteiger partial charge in [0.25, 0.3) is 0 Å². The SMILES string of the molecule is COC(=O)C[C@@H]1COc2cc(OCc3cccc(-c4c(C)c(Cl)c(OCCCS(C)(=O)=O)c(CI)c4C)c3)ccc21. The third-order valence-electron chi connectivity index (χ3n) is 7.17. The molecule has 41 heavy (non-hydrogen) atoms. The first-order valence-corrected chi connectivity index (χ1v) is 17.2. The molecule has 0 spiro atoms. The van der Waals surface area contributed by atoms with Crippen LogP contribution >= 0.6 is 34.2 Å². The van der Waals surface area contributed by atoms with Gasteiger partial charge in [-0.3, -0.25) is 4.79 Å². The molecule has 0 fully saturated rings. The van der Waals surface area contributed by atoms with Crippen molar-refractivity contribution in [2.24, 2.45) is 0 Å². The lowest BCUT2D eigenvalue weighted by atomic mass is 9.91. The van der Waals surface area contributed by atoms with E-state index >= 15 is 0 Å². The van der Waals surface area contributed by atoms with Crippen molar-refractivity contribution in [1.29, 1.82) is 0 Å². The average Bonchev–Trinajstić information content (AvgIpc) is 3.33. The molecule has 3 aromatic carbocycles. The smallest absolute Gasteiger partial charge is 0.306 e. The summed E-state index contributed by atoms with van der Waals surface area (Å²) in [6, 6.07) is 13.9.